The molecule has 0 aromatic carbocycles. The van der Waals surface area contributed by atoms with Crippen molar-refractivity contribution in [1.29, 1.82) is 0 Å². The van der Waals surface area contributed by atoms with Crippen LogP contribution in [0.2, 0.25) is 0 Å². The largest absolute Gasteiger partial charge is 0.379 e. The zero-order valence-electron chi connectivity index (χ0n) is 11.1. The molecule has 1 aliphatic rings. The number of hydrogen-bond acceptors (Lipinski definition) is 3. The summed E-state index contributed by atoms with van der Waals surface area (Å²) in [7, 11) is 0. The number of rotatable bonds is 9. The van der Waals surface area contributed by atoms with E-state index in [2.05, 4.69) is 19.2 Å². The molecule has 1 unspecified atom stereocenters. The molecule has 1 saturated carbocycles. The third kappa shape index (κ3) is 4.40. The Morgan fingerprint density at radius 1 is 1.31 bits per heavy atom. The summed E-state index contributed by atoms with van der Waals surface area (Å²) in [5.74, 6) is 0. The second-order valence-electron chi connectivity index (χ2n) is 4.73. The summed E-state index contributed by atoms with van der Waals surface area (Å²) in [6.07, 6.45) is 5.11. The fourth-order valence-electron chi connectivity index (χ4n) is 2.24. The SMILES string of the molecule is CCNCCC1(OC(C)COCC)CCC1. The highest BCUT2D eigenvalue weighted by molar-refractivity contribution is 4.91. The first-order valence-electron chi connectivity index (χ1n) is 6.68. The number of hydrogen-bond donors (Lipinski definition) is 1. The maximum atomic E-state index is 6.16. The van der Waals surface area contributed by atoms with Gasteiger partial charge in [-0.25, -0.2) is 0 Å². The van der Waals surface area contributed by atoms with E-state index in [1.807, 2.05) is 6.92 Å². The van der Waals surface area contributed by atoms with Crippen molar-refractivity contribution in [1.82, 2.24) is 5.32 Å². The van der Waals surface area contributed by atoms with Gasteiger partial charge in [-0.3, -0.25) is 0 Å². The van der Waals surface area contributed by atoms with Crippen LogP contribution in [0.5, 0.6) is 0 Å². The van der Waals surface area contributed by atoms with Gasteiger partial charge in [-0.15, -0.1) is 0 Å². The zero-order chi connectivity index (χ0) is 11.9. The molecule has 0 aliphatic heterocycles. The van der Waals surface area contributed by atoms with Crippen molar-refractivity contribution in [2.75, 3.05) is 26.3 Å². The minimum Gasteiger partial charge on any atom is -0.379 e. The van der Waals surface area contributed by atoms with Crippen LogP contribution in [0.3, 0.4) is 0 Å². The Balaban J connectivity index is 2.23. The van der Waals surface area contributed by atoms with Gasteiger partial charge in [0.1, 0.15) is 0 Å². The molecule has 0 spiro atoms. The molecule has 96 valence electrons. The standard InChI is InChI=1S/C13H27NO2/c1-4-14-10-9-13(7-6-8-13)16-12(3)11-15-5-2/h12,14H,4-11H2,1-3H3. The Hall–Kier alpha value is -0.120. The highest BCUT2D eigenvalue weighted by atomic mass is 16.5. The topological polar surface area (TPSA) is 30.5 Å². The normalized spacial score (nSPS) is 20.4. The Morgan fingerprint density at radius 3 is 2.56 bits per heavy atom. The molecule has 1 fully saturated rings. The Labute approximate surface area is 99.9 Å². The van der Waals surface area contributed by atoms with Crippen molar-refractivity contribution in [2.45, 2.75) is 58.2 Å². The first-order chi connectivity index (χ1) is 7.72. The lowest BCUT2D eigenvalue weighted by molar-refractivity contribution is -0.153. The van der Waals surface area contributed by atoms with E-state index in [4.69, 9.17) is 9.47 Å². The first kappa shape index (κ1) is 13.9. The molecule has 0 heterocycles. The fourth-order valence-corrected chi connectivity index (χ4v) is 2.24. The molecule has 1 atom stereocenters. The highest BCUT2D eigenvalue weighted by Crippen LogP contribution is 2.39. The van der Waals surface area contributed by atoms with Crippen LogP contribution in [0, 0.1) is 0 Å². The van der Waals surface area contributed by atoms with Gasteiger partial charge in [-0.2, -0.15) is 0 Å². The molecular formula is C13H27NO2. The predicted octanol–water partition coefficient (Wildman–Crippen LogP) is 2.35. The molecule has 3 heteroatoms. The van der Waals surface area contributed by atoms with Gasteiger partial charge in [-0.05, 0) is 52.6 Å². The van der Waals surface area contributed by atoms with Crippen LogP contribution in [0.4, 0.5) is 0 Å². The molecular weight excluding hydrogens is 202 g/mol. The first-order valence-corrected chi connectivity index (χ1v) is 6.68. The highest BCUT2D eigenvalue weighted by Gasteiger charge is 2.38. The van der Waals surface area contributed by atoms with E-state index in [1.165, 1.54) is 19.3 Å². The lowest BCUT2D eigenvalue weighted by Gasteiger charge is -2.43. The van der Waals surface area contributed by atoms with Crippen LogP contribution in [-0.4, -0.2) is 38.0 Å². The van der Waals surface area contributed by atoms with Gasteiger partial charge in [0.15, 0.2) is 0 Å². The third-order valence-electron chi connectivity index (χ3n) is 3.28. The van der Waals surface area contributed by atoms with E-state index in [9.17, 15) is 0 Å². The zero-order valence-corrected chi connectivity index (χ0v) is 11.1. The van der Waals surface area contributed by atoms with Gasteiger partial charge in [0.25, 0.3) is 0 Å². The summed E-state index contributed by atoms with van der Waals surface area (Å²) in [6, 6.07) is 0. The molecule has 0 bridgehead atoms. The molecule has 0 aromatic heterocycles. The molecule has 0 radical (unpaired) electrons. The van der Waals surface area contributed by atoms with Crippen LogP contribution in [-0.2, 0) is 9.47 Å². The molecule has 0 aromatic rings. The van der Waals surface area contributed by atoms with E-state index in [0.29, 0.717) is 0 Å². The molecule has 1 aliphatic carbocycles. The van der Waals surface area contributed by atoms with E-state index < -0.39 is 0 Å². The molecule has 0 saturated heterocycles. The van der Waals surface area contributed by atoms with Gasteiger partial charge >= 0.3 is 0 Å². The Kier molecular flexibility index (Phi) is 6.32. The second-order valence-corrected chi connectivity index (χ2v) is 4.73. The molecule has 0 amide bonds. The maximum Gasteiger partial charge on any atom is 0.0787 e. The lowest BCUT2D eigenvalue weighted by atomic mass is 9.77. The smallest absolute Gasteiger partial charge is 0.0787 e. The summed E-state index contributed by atoms with van der Waals surface area (Å²) in [4.78, 5) is 0. The molecule has 16 heavy (non-hydrogen) atoms. The Morgan fingerprint density at radius 2 is 2.06 bits per heavy atom. The van der Waals surface area contributed by atoms with E-state index in [-0.39, 0.29) is 11.7 Å². The summed E-state index contributed by atoms with van der Waals surface area (Å²) in [6.45, 7) is 9.89. The predicted molar refractivity (Wildman–Crippen MR) is 66.8 cm³/mol. The third-order valence-corrected chi connectivity index (χ3v) is 3.28. The summed E-state index contributed by atoms with van der Waals surface area (Å²) in [5, 5.41) is 3.38. The van der Waals surface area contributed by atoms with Crippen molar-refractivity contribution in [3.05, 3.63) is 0 Å². The van der Waals surface area contributed by atoms with Crippen LogP contribution >= 0.6 is 0 Å². The van der Waals surface area contributed by atoms with Crippen molar-refractivity contribution < 1.29 is 9.47 Å². The number of nitrogens with one attached hydrogen (secondary N) is 1. The van der Waals surface area contributed by atoms with Gasteiger partial charge in [-0.1, -0.05) is 6.92 Å². The van der Waals surface area contributed by atoms with E-state index in [1.54, 1.807) is 0 Å². The Bertz CT molecular complexity index is 181. The van der Waals surface area contributed by atoms with Gasteiger partial charge in [0.05, 0.1) is 18.3 Å². The van der Waals surface area contributed by atoms with Crippen LogP contribution < -0.4 is 5.32 Å². The average molecular weight is 229 g/mol. The van der Waals surface area contributed by atoms with Crippen molar-refractivity contribution >= 4 is 0 Å². The average Bonchev–Trinajstić information content (AvgIpc) is 2.23. The summed E-state index contributed by atoms with van der Waals surface area (Å²) < 4.78 is 11.6. The lowest BCUT2D eigenvalue weighted by Crippen LogP contribution is -2.45. The fraction of sp³-hybridized carbons (Fsp3) is 1.00. The quantitative estimate of drug-likeness (QED) is 0.616. The monoisotopic (exact) mass is 229 g/mol. The van der Waals surface area contributed by atoms with Gasteiger partial charge in [0.2, 0.25) is 0 Å². The number of ether oxygens (including phenoxy) is 2. The van der Waals surface area contributed by atoms with Crippen LogP contribution in [0.25, 0.3) is 0 Å². The second kappa shape index (κ2) is 7.25. The van der Waals surface area contributed by atoms with Gasteiger partial charge in [0, 0.05) is 6.61 Å². The minimum atomic E-state index is 0.151. The summed E-state index contributed by atoms with van der Waals surface area (Å²) >= 11 is 0. The van der Waals surface area contributed by atoms with E-state index in [0.717, 1.165) is 32.7 Å². The van der Waals surface area contributed by atoms with Crippen LogP contribution in [0.1, 0.15) is 46.5 Å². The molecule has 3 nitrogen and oxygen atoms in total. The van der Waals surface area contributed by atoms with Crippen LogP contribution in [0.15, 0.2) is 0 Å². The van der Waals surface area contributed by atoms with Gasteiger partial charge < -0.3 is 14.8 Å². The molecule has 1 N–H and O–H groups in total. The van der Waals surface area contributed by atoms with Crippen molar-refractivity contribution in [3.63, 3.8) is 0 Å². The summed E-state index contributed by atoms with van der Waals surface area (Å²) in [5.41, 5.74) is 0.151. The van der Waals surface area contributed by atoms with Crippen molar-refractivity contribution in [3.8, 4) is 0 Å². The maximum absolute atomic E-state index is 6.16. The van der Waals surface area contributed by atoms with E-state index >= 15 is 0 Å². The molecule has 1 rings (SSSR count). The minimum absolute atomic E-state index is 0.151. The van der Waals surface area contributed by atoms with Crippen molar-refractivity contribution in [2.24, 2.45) is 0 Å².